The van der Waals surface area contributed by atoms with Crippen molar-refractivity contribution in [2.45, 2.75) is 0 Å². The lowest BCUT2D eigenvalue weighted by Gasteiger charge is -1.80. The quantitative estimate of drug-likeness (QED) is 0.404. The van der Waals surface area contributed by atoms with E-state index in [1.807, 2.05) is 0 Å². The Labute approximate surface area is 76.5 Å². The molecule has 0 aliphatic rings. The summed E-state index contributed by atoms with van der Waals surface area (Å²) >= 11 is 4.51. The van der Waals surface area contributed by atoms with Crippen molar-refractivity contribution in [3.8, 4) is 0 Å². The Kier molecular flexibility index (Phi) is 11.6. The Balaban J connectivity index is 2.34. The molecule has 0 N–H and O–H groups in total. The Hall–Kier alpha value is 2.86. The smallest absolute Gasteiger partial charge is 0.00803 e. The minimum absolute atomic E-state index is 1.75. The molecule has 6 heteroatoms. The van der Waals surface area contributed by atoms with Gasteiger partial charge >= 0.3 is 0 Å². The van der Waals surface area contributed by atoms with Crippen LogP contribution in [0.4, 0.5) is 0 Å². The van der Waals surface area contributed by atoms with Gasteiger partial charge in [-0.1, -0.05) is 0 Å². The summed E-state index contributed by atoms with van der Waals surface area (Å²) in [6.45, 7) is 0. The highest BCUT2D eigenvalue weighted by molar-refractivity contribution is 14.2. The van der Waals surface area contributed by atoms with Gasteiger partial charge in [-0.15, -0.1) is 0 Å². The Morgan fingerprint density at radius 3 is 1.33 bits per heavy atom. The number of halogens is 2. The predicted octanol–water partition coefficient (Wildman–Crippen LogP) is 4.36. The molecule has 0 atom stereocenters. The van der Waals surface area contributed by atoms with E-state index >= 15 is 0 Å². The lowest BCUT2D eigenvalue weighted by molar-refractivity contribution is 5.94. The van der Waals surface area contributed by atoms with Crippen molar-refractivity contribution in [3.63, 3.8) is 0 Å². The minimum atomic E-state index is 1.75. The van der Waals surface area contributed by atoms with Gasteiger partial charge in [0.15, 0.2) is 0 Å². The fourth-order valence-electron chi connectivity index (χ4n) is 0.0210. The van der Waals surface area contributed by atoms with Crippen LogP contribution in [0.2, 0.25) is 0 Å². The molecular weight excluding hydrogens is 382 g/mol. The minimum Gasteiger partial charge on any atom is -0.00803 e. The van der Waals surface area contributed by atoms with E-state index in [-0.39, 0.29) is 0 Å². The largest absolute Gasteiger partial charge is 0.00947 e. The third-order valence-electron chi connectivity index (χ3n) is 0.0792. The first-order valence-electron chi connectivity index (χ1n) is 0.809. The number of hydrogen-bond acceptors (Lipinski definition) is 4. The molecule has 0 nitrogen and oxygen atoms in total. The summed E-state index contributed by atoms with van der Waals surface area (Å²) in [7, 11) is 7.07. The summed E-state index contributed by atoms with van der Waals surface area (Å²) in [6.07, 6.45) is 0. The Morgan fingerprint density at radius 1 is 0.833 bits per heavy atom. The summed E-state index contributed by atoms with van der Waals surface area (Å²) in [5, 5.41) is 0. The number of rotatable bonds is 3. The first-order chi connectivity index (χ1) is 2.91. The van der Waals surface area contributed by atoms with Gasteiger partial charge in [-0.2, -0.15) is 0 Å². The molecule has 0 saturated heterocycles. The first kappa shape index (κ1) is 8.86. The molecule has 0 aliphatic heterocycles. The van der Waals surface area contributed by atoms with Crippen LogP contribution in [-0.2, 0) is 0 Å². The molecule has 0 spiro atoms. The van der Waals surface area contributed by atoms with Crippen molar-refractivity contribution < 1.29 is 0 Å². The van der Waals surface area contributed by atoms with Crippen LogP contribution in [0.15, 0.2) is 0 Å². The monoisotopic (exact) mass is 382 g/mol. The fraction of sp³-hybridized carbons (Fsp3) is 0. The average molecular weight is 382 g/mol. The molecule has 0 aromatic rings. The molecule has 0 rings (SSSR count). The zero-order valence-electron chi connectivity index (χ0n) is 2.39. The standard InChI is InChI=1S/I2S4/c1-3-5-6-4-2. The van der Waals surface area contributed by atoms with E-state index in [4.69, 9.17) is 0 Å². The van der Waals surface area contributed by atoms with E-state index in [9.17, 15) is 0 Å². The molecule has 6 heavy (non-hydrogen) atoms. The summed E-state index contributed by atoms with van der Waals surface area (Å²) in [5.74, 6) is 0. The van der Waals surface area contributed by atoms with Crippen LogP contribution in [0.1, 0.15) is 0 Å². The highest BCUT2D eigenvalue weighted by Gasteiger charge is 1.80. The van der Waals surface area contributed by atoms with Crippen molar-refractivity contribution >= 4 is 78.0 Å². The van der Waals surface area contributed by atoms with Crippen molar-refractivity contribution in [1.29, 1.82) is 0 Å². The molecule has 0 heterocycles. The highest BCUT2D eigenvalue weighted by atomic mass is 127. The average Bonchev–Trinajstić information content (AvgIpc) is 1.61. The Bertz CT molecular complexity index is 17.5. The van der Waals surface area contributed by atoms with E-state index in [2.05, 4.69) is 42.4 Å². The van der Waals surface area contributed by atoms with Gasteiger partial charge in [0.25, 0.3) is 0 Å². The number of hydrogen-bond donors (Lipinski definition) is 0. The molecule has 0 radical (unpaired) electrons. The van der Waals surface area contributed by atoms with Gasteiger partial charge in [-0.05, 0) is 35.6 Å². The predicted molar refractivity (Wildman–Crippen MR) is 58.4 cm³/mol. The third kappa shape index (κ3) is 6.86. The molecule has 0 aliphatic carbocycles. The third-order valence-corrected chi connectivity index (χ3v) is 11.6. The van der Waals surface area contributed by atoms with Crippen LogP contribution in [0, 0.1) is 0 Å². The van der Waals surface area contributed by atoms with Gasteiger partial charge in [0.2, 0.25) is 0 Å². The lowest BCUT2D eigenvalue weighted by Crippen LogP contribution is -1.13. The maximum Gasteiger partial charge on any atom is 0.00947 e. The van der Waals surface area contributed by atoms with Crippen LogP contribution in [-0.4, -0.2) is 0 Å². The maximum absolute atomic E-state index is 2.25. The molecule has 38 valence electrons. The fourth-order valence-corrected chi connectivity index (χ4v) is 11.4. The second kappa shape index (κ2) is 7.86. The van der Waals surface area contributed by atoms with Crippen LogP contribution in [0.25, 0.3) is 0 Å². The van der Waals surface area contributed by atoms with E-state index < -0.39 is 0 Å². The molecule has 0 fully saturated rings. The van der Waals surface area contributed by atoms with Gasteiger partial charge in [0, 0.05) is 42.4 Å². The van der Waals surface area contributed by atoms with Crippen LogP contribution >= 0.6 is 78.0 Å². The van der Waals surface area contributed by atoms with Crippen molar-refractivity contribution in [2.24, 2.45) is 0 Å². The maximum atomic E-state index is 2.25. The highest BCUT2D eigenvalue weighted by Crippen LogP contribution is 2.48. The van der Waals surface area contributed by atoms with Crippen molar-refractivity contribution in [3.05, 3.63) is 0 Å². The SMILES string of the molecule is ISSSSI. The molecule has 0 unspecified atom stereocenters. The molecule has 0 amide bonds. The molecule has 0 aromatic carbocycles. The van der Waals surface area contributed by atoms with E-state index in [0.29, 0.717) is 0 Å². The van der Waals surface area contributed by atoms with Gasteiger partial charge < -0.3 is 0 Å². The first-order valence-corrected chi connectivity index (χ1v) is 10.7. The van der Waals surface area contributed by atoms with Gasteiger partial charge in [0.1, 0.15) is 0 Å². The van der Waals surface area contributed by atoms with E-state index in [1.165, 1.54) is 0 Å². The topological polar surface area (TPSA) is 0 Å². The second-order valence-corrected chi connectivity index (χ2v) is 11.3. The van der Waals surface area contributed by atoms with Crippen molar-refractivity contribution in [1.82, 2.24) is 0 Å². The second-order valence-electron chi connectivity index (χ2n) is 0.262. The molecule has 0 bridgehead atoms. The zero-order valence-corrected chi connectivity index (χ0v) is 9.97. The van der Waals surface area contributed by atoms with E-state index in [1.54, 1.807) is 35.6 Å². The summed E-state index contributed by atoms with van der Waals surface area (Å²) in [5.41, 5.74) is 0. The van der Waals surface area contributed by atoms with Crippen LogP contribution < -0.4 is 0 Å². The normalized spacial score (nSPS) is 9.00. The summed E-state index contributed by atoms with van der Waals surface area (Å²) < 4.78 is 0. The van der Waals surface area contributed by atoms with Crippen LogP contribution in [0.3, 0.4) is 0 Å². The zero-order chi connectivity index (χ0) is 4.83. The van der Waals surface area contributed by atoms with Gasteiger partial charge in [0.05, 0.1) is 0 Å². The molecular formula is I2S4. The van der Waals surface area contributed by atoms with Crippen LogP contribution in [0.5, 0.6) is 0 Å². The molecule has 0 aromatic heterocycles. The summed E-state index contributed by atoms with van der Waals surface area (Å²) in [4.78, 5) is 0. The van der Waals surface area contributed by atoms with Gasteiger partial charge in [-0.3, -0.25) is 0 Å². The molecule has 0 saturated carbocycles. The van der Waals surface area contributed by atoms with Gasteiger partial charge in [-0.25, -0.2) is 0 Å². The van der Waals surface area contributed by atoms with E-state index in [0.717, 1.165) is 0 Å². The Morgan fingerprint density at radius 2 is 1.17 bits per heavy atom. The summed E-state index contributed by atoms with van der Waals surface area (Å²) in [6, 6.07) is 0. The van der Waals surface area contributed by atoms with Crippen molar-refractivity contribution in [2.75, 3.05) is 0 Å². The lowest BCUT2D eigenvalue weighted by atomic mass is 30.4.